The second-order valence-electron chi connectivity index (χ2n) is 7.66. The summed E-state index contributed by atoms with van der Waals surface area (Å²) in [6, 6.07) is 21.6. The maximum atomic E-state index is 15.2. The van der Waals surface area contributed by atoms with Gasteiger partial charge < -0.3 is 4.74 Å². The average molecular weight is 414 g/mol. The fraction of sp³-hybridized carbons (Fsp3) is 0.160. The van der Waals surface area contributed by atoms with Crippen LogP contribution in [-0.4, -0.2) is 16.9 Å². The van der Waals surface area contributed by atoms with Gasteiger partial charge in [-0.15, -0.1) is 0 Å². The zero-order valence-electron chi connectivity index (χ0n) is 17.7. The van der Waals surface area contributed by atoms with Crippen molar-refractivity contribution in [1.29, 1.82) is 0 Å². The van der Waals surface area contributed by atoms with E-state index in [4.69, 9.17) is 4.74 Å². The molecule has 0 radical (unpaired) electrons. The van der Waals surface area contributed by atoms with Gasteiger partial charge in [0.15, 0.2) is 0 Å². The molecular formula is C25H23FN4O. The molecule has 3 aromatic carbocycles. The predicted molar refractivity (Wildman–Crippen MR) is 121 cm³/mol. The lowest BCUT2D eigenvalue weighted by Gasteiger charge is -2.35. The Kier molecular flexibility index (Phi) is 4.62. The van der Waals surface area contributed by atoms with Gasteiger partial charge in [-0.3, -0.25) is 14.7 Å². The van der Waals surface area contributed by atoms with E-state index in [-0.39, 0.29) is 11.9 Å². The summed E-state index contributed by atoms with van der Waals surface area (Å²) >= 11 is 0. The summed E-state index contributed by atoms with van der Waals surface area (Å²) in [6.07, 6.45) is 3.49. The van der Waals surface area contributed by atoms with E-state index >= 15 is 4.39 Å². The van der Waals surface area contributed by atoms with Crippen LogP contribution in [0.15, 0.2) is 79.1 Å². The second-order valence-corrected chi connectivity index (χ2v) is 7.66. The van der Waals surface area contributed by atoms with Gasteiger partial charge in [-0.2, -0.15) is 5.10 Å². The lowest BCUT2D eigenvalue weighted by atomic mass is 10.1. The van der Waals surface area contributed by atoms with Gasteiger partial charge in [0, 0.05) is 42.1 Å². The fourth-order valence-corrected chi connectivity index (χ4v) is 4.24. The Labute approximate surface area is 180 Å². The molecule has 4 aromatic rings. The van der Waals surface area contributed by atoms with Crippen LogP contribution in [0.2, 0.25) is 0 Å². The van der Waals surface area contributed by atoms with Gasteiger partial charge in [-0.25, -0.2) is 4.39 Å². The average Bonchev–Trinajstić information content (AvgIpc) is 3.35. The van der Waals surface area contributed by atoms with Crippen molar-refractivity contribution in [3.63, 3.8) is 0 Å². The highest BCUT2D eigenvalue weighted by Gasteiger charge is 2.35. The van der Waals surface area contributed by atoms with Crippen molar-refractivity contribution < 1.29 is 9.13 Å². The van der Waals surface area contributed by atoms with Crippen LogP contribution in [-0.2, 0) is 7.05 Å². The third-order valence-electron chi connectivity index (χ3n) is 5.73. The number of halogens is 1. The number of hydrazine groups is 1. The molecule has 0 bridgehead atoms. The Balaban J connectivity index is 1.63. The highest BCUT2D eigenvalue weighted by molar-refractivity contribution is 5.79. The number of hydrogen-bond donors (Lipinski definition) is 0. The van der Waals surface area contributed by atoms with E-state index in [1.165, 1.54) is 5.56 Å². The third kappa shape index (κ3) is 3.20. The molecule has 1 aromatic heterocycles. The summed E-state index contributed by atoms with van der Waals surface area (Å²) in [7, 11) is 3.48. The second kappa shape index (κ2) is 7.47. The summed E-state index contributed by atoms with van der Waals surface area (Å²) in [6.45, 7) is 2.15. The Hall–Kier alpha value is -3.80. The van der Waals surface area contributed by atoms with Crippen molar-refractivity contribution >= 4 is 17.1 Å². The molecule has 31 heavy (non-hydrogen) atoms. The predicted octanol–water partition coefficient (Wildman–Crippen LogP) is 5.87. The molecule has 2 heterocycles. The lowest BCUT2D eigenvalue weighted by Crippen LogP contribution is -2.35. The number of anilines is 3. The van der Waals surface area contributed by atoms with E-state index in [1.54, 1.807) is 24.1 Å². The number of para-hydroxylation sites is 1. The summed E-state index contributed by atoms with van der Waals surface area (Å²) in [5.74, 6) is 0.492. The molecule has 1 atom stereocenters. The SMILES string of the molecule is COc1cccc(N2C(C)c3ccccc3N2c2ccc(-c3cnn(C)c3)c(F)c2)c1. The minimum Gasteiger partial charge on any atom is -0.497 e. The van der Waals surface area contributed by atoms with Crippen molar-refractivity contribution in [2.75, 3.05) is 17.1 Å². The number of rotatable bonds is 4. The Morgan fingerprint density at radius 3 is 2.55 bits per heavy atom. The molecule has 0 N–H and O–H groups in total. The largest absolute Gasteiger partial charge is 0.497 e. The molecule has 1 aliphatic rings. The summed E-state index contributed by atoms with van der Waals surface area (Å²) in [5.41, 5.74) is 5.23. The van der Waals surface area contributed by atoms with Crippen molar-refractivity contribution in [3.05, 3.63) is 90.5 Å². The van der Waals surface area contributed by atoms with Crippen molar-refractivity contribution in [2.24, 2.45) is 7.05 Å². The number of hydrogen-bond acceptors (Lipinski definition) is 4. The van der Waals surface area contributed by atoms with Gasteiger partial charge in [0.05, 0.1) is 36.4 Å². The van der Waals surface area contributed by atoms with Gasteiger partial charge in [0.2, 0.25) is 0 Å². The fourth-order valence-electron chi connectivity index (χ4n) is 4.24. The van der Waals surface area contributed by atoms with Gasteiger partial charge in [-0.05, 0) is 37.3 Å². The minimum atomic E-state index is -0.284. The quantitative estimate of drug-likeness (QED) is 0.418. The molecule has 0 saturated heterocycles. The number of benzene rings is 3. The van der Waals surface area contributed by atoms with Crippen LogP contribution in [0.25, 0.3) is 11.1 Å². The Morgan fingerprint density at radius 1 is 0.968 bits per heavy atom. The Morgan fingerprint density at radius 2 is 1.81 bits per heavy atom. The number of nitrogens with zero attached hydrogens (tertiary/aromatic N) is 4. The normalized spacial score (nSPS) is 15.3. The van der Waals surface area contributed by atoms with E-state index in [1.807, 2.05) is 61.8 Å². The van der Waals surface area contributed by atoms with E-state index < -0.39 is 0 Å². The summed E-state index contributed by atoms with van der Waals surface area (Å²) < 4.78 is 22.3. The molecule has 0 amide bonds. The zero-order chi connectivity index (χ0) is 21.5. The minimum absolute atomic E-state index is 0.0735. The number of aromatic nitrogens is 2. The van der Waals surface area contributed by atoms with Crippen LogP contribution in [0.4, 0.5) is 21.5 Å². The lowest BCUT2D eigenvalue weighted by molar-refractivity contribution is 0.414. The maximum Gasteiger partial charge on any atom is 0.133 e. The summed E-state index contributed by atoms with van der Waals surface area (Å²) in [5, 5.41) is 8.41. The standard InChI is InChI=1S/C25H23FN4O/c1-17-22-9-4-5-10-25(22)30(29(17)19-7-6-8-21(13-19)31-3)20-11-12-23(24(26)14-20)18-15-27-28(2)16-18/h4-17H,1-3H3. The molecule has 5 nitrogen and oxygen atoms in total. The van der Waals surface area contributed by atoms with Crippen LogP contribution in [0.1, 0.15) is 18.5 Å². The van der Waals surface area contributed by atoms with Crippen LogP contribution in [0.3, 0.4) is 0 Å². The van der Waals surface area contributed by atoms with Crippen molar-refractivity contribution in [1.82, 2.24) is 9.78 Å². The number of fused-ring (bicyclic) bond motifs is 1. The zero-order valence-corrected chi connectivity index (χ0v) is 17.7. The first-order valence-electron chi connectivity index (χ1n) is 10.2. The van der Waals surface area contributed by atoms with Gasteiger partial charge in [0.25, 0.3) is 0 Å². The van der Waals surface area contributed by atoms with Crippen LogP contribution < -0.4 is 14.8 Å². The molecule has 0 saturated carbocycles. The molecule has 0 spiro atoms. The molecular weight excluding hydrogens is 391 g/mol. The van der Waals surface area contributed by atoms with E-state index in [2.05, 4.69) is 34.2 Å². The van der Waals surface area contributed by atoms with Crippen LogP contribution in [0, 0.1) is 5.82 Å². The topological polar surface area (TPSA) is 33.5 Å². The molecule has 1 aliphatic heterocycles. The van der Waals surface area contributed by atoms with E-state index in [0.29, 0.717) is 5.56 Å². The van der Waals surface area contributed by atoms with Gasteiger partial charge >= 0.3 is 0 Å². The van der Waals surface area contributed by atoms with Crippen molar-refractivity contribution in [2.45, 2.75) is 13.0 Å². The number of methoxy groups -OCH3 is 1. The smallest absolute Gasteiger partial charge is 0.133 e. The first-order chi connectivity index (χ1) is 15.1. The first-order valence-corrected chi connectivity index (χ1v) is 10.2. The molecule has 0 fully saturated rings. The number of ether oxygens (including phenoxy) is 1. The van der Waals surface area contributed by atoms with E-state index in [9.17, 15) is 0 Å². The molecule has 156 valence electrons. The van der Waals surface area contributed by atoms with Crippen LogP contribution in [0.5, 0.6) is 5.75 Å². The number of aryl methyl sites for hydroxylation is 1. The highest BCUT2D eigenvalue weighted by Crippen LogP contribution is 2.47. The molecule has 6 heteroatoms. The monoisotopic (exact) mass is 414 g/mol. The Bertz CT molecular complexity index is 1250. The third-order valence-corrected chi connectivity index (χ3v) is 5.73. The summed E-state index contributed by atoms with van der Waals surface area (Å²) in [4.78, 5) is 0. The molecule has 0 aliphatic carbocycles. The van der Waals surface area contributed by atoms with Crippen molar-refractivity contribution in [3.8, 4) is 16.9 Å². The van der Waals surface area contributed by atoms with Crippen LogP contribution >= 0.6 is 0 Å². The van der Waals surface area contributed by atoms with E-state index in [0.717, 1.165) is 28.4 Å². The first kappa shape index (κ1) is 19.2. The highest BCUT2D eigenvalue weighted by atomic mass is 19.1. The molecule has 5 rings (SSSR count). The van der Waals surface area contributed by atoms with Gasteiger partial charge in [-0.1, -0.05) is 24.3 Å². The maximum absolute atomic E-state index is 15.2. The van der Waals surface area contributed by atoms with Gasteiger partial charge in [0.1, 0.15) is 11.6 Å². The molecule has 1 unspecified atom stereocenters.